The van der Waals surface area contributed by atoms with Crippen LogP contribution < -0.4 is 14.8 Å². The minimum atomic E-state index is -0.190. The first-order valence-electron chi connectivity index (χ1n) is 12.9. The van der Waals surface area contributed by atoms with Crippen molar-refractivity contribution in [3.8, 4) is 28.4 Å². The van der Waals surface area contributed by atoms with Gasteiger partial charge in [-0.15, -0.1) is 0 Å². The number of nitrogens with zero attached hydrogens (tertiary/aromatic N) is 2. The molecule has 5 aromatic rings. The van der Waals surface area contributed by atoms with Crippen molar-refractivity contribution < 1.29 is 14.3 Å². The van der Waals surface area contributed by atoms with Gasteiger partial charge in [0.1, 0.15) is 17.2 Å². The Morgan fingerprint density at radius 2 is 1.41 bits per heavy atom. The van der Waals surface area contributed by atoms with Crippen molar-refractivity contribution in [3.05, 3.63) is 132 Å². The largest absolute Gasteiger partial charge is 0.497 e. The van der Waals surface area contributed by atoms with Gasteiger partial charge in [0, 0.05) is 24.1 Å². The molecule has 6 nitrogen and oxygen atoms in total. The Labute approximate surface area is 228 Å². The topological polar surface area (TPSA) is 65.4 Å². The molecule has 1 N–H and O–H groups in total. The molecule has 0 aliphatic carbocycles. The number of benzene rings is 4. The molecule has 0 saturated carbocycles. The molecular formula is C33H31N3O3. The number of methoxy groups -OCH3 is 2. The number of para-hydroxylation sites is 1. The van der Waals surface area contributed by atoms with Crippen molar-refractivity contribution in [2.45, 2.75) is 12.3 Å². The second kappa shape index (κ2) is 12.1. The molecule has 0 radical (unpaired) electrons. The summed E-state index contributed by atoms with van der Waals surface area (Å²) in [6, 6.07) is 37.8. The summed E-state index contributed by atoms with van der Waals surface area (Å²) in [6.45, 7) is 0.508. The van der Waals surface area contributed by atoms with Crippen LogP contribution in [-0.4, -0.2) is 36.5 Å². The normalized spacial score (nSPS) is 10.8. The van der Waals surface area contributed by atoms with Gasteiger partial charge in [-0.05, 0) is 47.9 Å². The standard InChI is InChI=1S/C33H31N3O3/c1-38-27-18-19-29(32(22-27)39-2)30-23-31(36(35-30)26-16-10-5-11-17-26)33(37)34-21-20-28(24-12-6-3-7-13-24)25-14-8-4-9-15-25/h3-19,22-23,28H,20-21H2,1-2H3,(H,34,37). The molecule has 1 amide bonds. The van der Waals surface area contributed by atoms with E-state index in [1.807, 2.05) is 60.7 Å². The van der Waals surface area contributed by atoms with Crippen molar-refractivity contribution in [2.24, 2.45) is 0 Å². The van der Waals surface area contributed by atoms with E-state index in [-0.39, 0.29) is 11.8 Å². The second-order valence-corrected chi connectivity index (χ2v) is 9.15. The van der Waals surface area contributed by atoms with E-state index >= 15 is 0 Å². The van der Waals surface area contributed by atoms with E-state index in [0.717, 1.165) is 17.7 Å². The molecule has 0 spiro atoms. The Balaban J connectivity index is 1.42. The van der Waals surface area contributed by atoms with Crippen molar-refractivity contribution >= 4 is 5.91 Å². The Kier molecular flexibility index (Phi) is 8.03. The molecule has 196 valence electrons. The van der Waals surface area contributed by atoms with Crippen LogP contribution >= 0.6 is 0 Å². The van der Waals surface area contributed by atoms with Gasteiger partial charge in [-0.2, -0.15) is 5.10 Å². The lowest BCUT2D eigenvalue weighted by Crippen LogP contribution is -2.28. The van der Waals surface area contributed by atoms with E-state index in [0.29, 0.717) is 29.4 Å². The highest BCUT2D eigenvalue weighted by molar-refractivity contribution is 5.94. The maximum Gasteiger partial charge on any atom is 0.270 e. The van der Waals surface area contributed by atoms with Crippen LogP contribution in [0.3, 0.4) is 0 Å². The van der Waals surface area contributed by atoms with Crippen LogP contribution in [0, 0.1) is 0 Å². The van der Waals surface area contributed by atoms with Crippen molar-refractivity contribution in [3.63, 3.8) is 0 Å². The summed E-state index contributed by atoms with van der Waals surface area (Å²) in [6.07, 6.45) is 0.762. The fourth-order valence-electron chi connectivity index (χ4n) is 4.77. The number of hydrogen-bond acceptors (Lipinski definition) is 4. The number of ether oxygens (including phenoxy) is 2. The second-order valence-electron chi connectivity index (χ2n) is 9.15. The average molecular weight is 518 g/mol. The summed E-state index contributed by atoms with van der Waals surface area (Å²) < 4.78 is 12.6. The van der Waals surface area contributed by atoms with Gasteiger partial charge in [0.2, 0.25) is 0 Å². The third-order valence-electron chi connectivity index (χ3n) is 6.75. The number of nitrogens with one attached hydrogen (secondary N) is 1. The summed E-state index contributed by atoms with van der Waals surface area (Å²) in [5.74, 6) is 1.28. The maximum atomic E-state index is 13.6. The molecule has 0 bridgehead atoms. The Morgan fingerprint density at radius 1 is 0.795 bits per heavy atom. The third-order valence-corrected chi connectivity index (χ3v) is 6.75. The molecule has 0 fully saturated rings. The Morgan fingerprint density at radius 3 is 2.00 bits per heavy atom. The van der Waals surface area contributed by atoms with Crippen LogP contribution in [0.4, 0.5) is 0 Å². The number of rotatable bonds is 10. The molecule has 0 atom stereocenters. The van der Waals surface area contributed by atoms with E-state index in [1.54, 1.807) is 25.0 Å². The van der Waals surface area contributed by atoms with Gasteiger partial charge >= 0.3 is 0 Å². The van der Waals surface area contributed by atoms with Gasteiger partial charge in [-0.25, -0.2) is 4.68 Å². The van der Waals surface area contributed by atoms with Crippen molar-refractivity contribution in [2.75, 3.05) is 20.8 Å². The number of amides is 1. The highest BCUT2D eigenvalue weighted by Crippen LogP contribution is 2.33. The number of aromatic nitrogens is 2. The van der Waals surface area contributed by atoms with E-state index in [9.17, 15) is 4.79 Å². The predicted molar refractivity (Wildman–Crippen MR) is 154 cm³/mol. The number of carbonyl (C=O) groups excluding carboxylic acids is 1. The first-order valence-corrected chi connectivity index (χ1v) is 12.9. The summed E-state index contributed by atoms with van der Waals surface area (Å²) in [7, 11) is 3.22. The van der Waals surface area contributed by atoms with Crippen LogP contribution in [0.5, 0.6) is 11.5 Å². The van der Waals surface area contributed by atoms with Gasteiger partial charge in [0.05, 0.1) is 25.6 Å². The highest BCUT2D eigenvalue weighted by Gasteiger charge is 2.21. The lowest BCUT2D eigenvalue weighted by molar-refractivity contribution is 0.0945. The molecule has 4 aromatic carbocycles. The van der Waals surface area contributed by atoms with Crippen LogP contribution in [0.1, 0.15) is 34.0 Å². The molecule has 6 heteroatoms. The van der Waals surface area contributed by atoms with Crippen LogP contribution in [0.2, 0.25) is 0 Å². The molecule has 1 heterocycles. The van der Waals surface area contributed by atoms with Crippen LogP contribution in [-0.2, 0) is 0 Å². The average Bonchev–Trinajstić information content (AvgIpc) is 3.46. The fraction of sp³-hybridized carbons (Fsp3) is 0.152. The molecule has 0 unspecified atom stereocenters. The van der Waals surface area contributed by atoms with Gasteiger partial charge in [-0.1, -0.05) is 78.9 Å². The van der Waals surface area contributed by atoms with E-state index in [2.05, 4.69) is 53.8 Å². The Bertz CT molecular complexity index is 1480. The Hall–Kier alpha value is -4.84. The molecule has 0 aliphatic heterocycles. The maximum absolute atomic E-state index is 13.6. The fourth-order valence-corrected chi connectivity index (χ4v) is 4.77. The SMILES string of the molecule is COc1ccc(-c2cc(C(=O)NCCC(c3ccccc3)c3ccccc3)n(-c3ccccc3)n2)c(OC)c1. The summed E-state index contributed by atoms with van der Waals surface area (Å²) >= 11 is 0. The monoisotopic (exact) mass is 517 g/mol. The lowest BCUT2D eigenvalue weighted by Gasteiger charge is -2.18. The van der Waals surface area contributed by atoms with Crippen LogP contribution in [0.25, 0.3) is 16.9 Å². The zero-order valence-corrected chi connectivity index (χ0v) is 22.1. The van der Waals surface area contributed by atoms with Gasteiger partial charge in [0.15, 0.2) is 0 Å². The first-order chi connectivity index (χ1) is 19.2. The highest BCUT2D eigenvalue weighted by atomic mass is 16.5. The minimum Gasteiger partial charge on any atom is -0.497 e. The zero-order chi connectivity index (χ0) is 27.0. The molecule has 0 saturated heterocycles. The molecular weight excluding hydrogens is 486 g/mol. The minimum absolute atomic E-state index is 0.172. The third kappa shape index (κ3) is 5.85. The molecule has 5 rings (SSSR count). The quantitative estimate of drug-likeness (QED) is 0.229. The number of hydrogen-bond donors (Lipinski definition) is 1. The van der Waals surface area contributed by atoms with Gasteiger partial charge in [0.25, 0.3) is 5.91 Å². The summed E-state index contributed by atoms with van der Waals surface area (Å²) in [5.41, 5.74) is 5.10. The van der Waals surface area contributed by atoms with Crippen molar-refractivity contribution in [1.29, 1.82) is 0 Å². The molecule has 1 aromatic heterocycles. The van der Waals surface area contributed by atoms with Gasteiger partial charge < -0.3 is 14.8 Å². The van der Waals surface area contributed by atoms with E-state index < -0.39 is 0 Å². The lowest BCUT2D eigenvalue weighted by atomic mass is 9.88. The molecule has 39 heavy (non-hydrogen) atoms. The van der Waals surface area contributed by atoms with E-state index in [1.165, 1.54) is 11.1 Å². The van der Waals surface area contributed by atoms with Crippen LogP contribution in [0.15, 0.2) is 115 Å². The smallest absolute Gasteiger partial charge is 0.270 e. The number of carbonyl (C=O) groups is 1. The first kappa shape index (κ1) is 25.8. The van der Waals surface area contributed by atoms with E-state index in [4.69, 9.17) is 14.6 Å². The van der Waals surface area contributed by atoms with Crippen molar-refractivity contribution in [1.82, 2.24) is 15.1 Å². The zero-order valence-electron chi connectivity index (χ0n) is 22.1. The van der Waals surface area contributed by atoms with Gasteiger partial charge in [-0.3, -0.25) is 4.79 Å². The predicted octanol–water partition coefficient (Wildman–Crippen LogP) is 6.51. The summed E-state index contributed by atoms with van der Waals surface area (Å²) in [4.78, 5) is 13.6. The summed E-state index contributed by atoms with van der Waals surface area (Å²) in [5, 5.41) is 7.95. The molecule has 0 aliphatic rings.